The third-order valence-electron chi connectivity index (χ3n) is 5.28. The SMILES string of the molecule is Cc1cnc2c(c1)N(c1c(C)cc(C(C)(C)C)cc1C)c1nccc(C)c1O2. The maximum atomic E-state index is 6.16. The molecule has 1 aliphatic heterocycles. The van der Waals surface area contributed by atoms with Gasteiger partial charge in [-0.05, 0) is 73.1 Å². The standard InChI is InChI=1S/C24H27N3O/c1-14-10-19-23(26-13-14)28-21-15(2)8-9-25-22(21)27(19)20-16(3)11-18(12-17(20)4)24(5,6)7/h8-13H,1-7H3. The third-order valence-corrected chi connectivity index (χ3v) is 5.28. The summed E-state index contributed by atoms with van der Waals surface area (Å²) in [5, 5.41) is 0. The Hall–Kier alpha value is -2.88. The van der Waals surface area contributed by atoms with E-state index in [1.807, 2.05) is 32.3 Å². The van der Waals surface area contributed by atoms with Gasteiger partial charge in [-0.15, -0.1) is 0 Å². The maximum absolute atomic E-state index is 6.16. The zero-order chi connectivity index (χ0) is 20.2. The highest BCUT2D eigenvalue weighted by atomic mass is 16.5. The molecule has 3 aromatic rings. The molecule has 4 heteroatoms. The summed E-state index contributed by atoms with van der Waals surface area (Å²) < 4.78 is 6.16. The first kappa shape index (κ1) is 18.5. The second kappa shape index (κ2) is 6.33. The summed E-state index contributed by atoms with van der Waals surface area (Å²) in [7, 11) is 0. The minimum atomic E-state index is 0.0991. The van der Waals surface area contributed by atoms with Crippen LogP contribution >= 0.6 is 0 Å². The highest BCUT2D eigenvalue weighted by Gasteiger charge is 2.31. The number of benzene rings is 1. The number of hydrogen-bond donors (Lipinski definition) is 0. The summed E-state index contributed by atoms with van der Waals surface area (Å²) in [6.45, 7) is 15.2. The number of rotatable bonds is 1. The lowest BCUT2D eigenvalue weighted by Gasteiger charge is -2.34. The molecule has 4 rings (SSSR count). The molecule has 1 aromatic carbocycles. The van der Waals surface area contributed by atoms with Crippen molar-refractivity contribution >= 4 is 17.2 Å². The second-order valence-electron chi connectivity index (χ2n) is 8.76. The van der Waals surface area contributed by atoms with Crippen molar-refractivity contribution in [3.05, 3.63) is 64.5 Å². The first-order valence-corrected chi connectivity index (χ1v) is 9.69. The van der Waals surface area contributed by atoms with Crippen molar-refractivity contribution in [2.75, 3.05) is 4.90 Å². The molecule has 0 radical (unpaired) electrons. The van der Waals surface area contributed by atoms with Crippen LogP contribution in [0.3, 0.4) is 0 Å². The van der Waals surface area contributed by atoms with Gasteiger partial charge in [0.2, 0.25) is 5.88 Å². The van der Waals surface area contributed by atoms with Crippen molar-refractivity contribution in [2.45, 2.75) is 53.9 Å². The van der Waals surface area contributed by atoms with Crippen molar-refractivity contribution in [1.29, 1.82) is 0 Å². The second-order valence-corrected chi connectivity index (χ2v) is 8.76. The third kappa shape index (κ3) is 2.93. The van der Waals surface area contributed by atoms with Crippen molar-refractivity contribution in [3.8, 4) is 11.6 Å². The number of fused-ring (bicyclic) bond motifs is 2. The predicted octanol–water partition coefficient (Wildman–Crippen LogP) is 6.58. The lowest BCUT2D eigenvalue weighted by molar-refractivity contribution is 0.451. The summed E-state index contributed by atoms with van der Waals surface area (Å²) in [6.07, 6.45) is 3.68. The zero-order valence-corrected chi connectivity index (χ0v) is 17.7. The van der Waals surface area contributed by atoms with Crippen LogP contribution < -0.4 is 9.64 Å². The van der Waals surface area contributed by atoms with E-state index in [1.54, 1.807) is 0 Å². The van der Waals surface area contributed by atoms with Crippen LogP contribution in [0.4, 0.5) is 17.2 Å². The molecule has 0 atom stereocenters. The highest BCUT2D eigenvalue weighted by Crippen LogP contribution is 2.51. The van der Waals surface area contributed by atoms with Crippen LogP contribution in [0.1, 0.15) is 48.6 Å². The number of ether oxygens (including phenoxy) is 1. The molecule has 0 unspecified atom stereocenters. The lowest BCUT2D eigenvalue weighted by Crippen LogP contribution is -2.21. The van der Waals surface area contributed by atoms with Gasteiger partial charge in [0.1, 0.15) is 5.69 Å². The van der Waals surface area contributed by atoms with E-state index in [2.05, 4.69) is 62.7 Å². The van der Waals surface area contributed by atoms with Gasteiger partial charge in [-0.3, -0.25) is 4.90 Å². The maximum Gasteiger partial charge on any atom is 0.244 e. The Balaban J connectivity index is 2.01. The molecule has 0 fully saturated rings. The summed E-state index contributed by atoms with van der Waals surface area (Å²) in [5.74, 6) is 2.20. The molecule has 2 aromatic heterocycles. The van der Waals surface area contributed by atoms with Crippen LogP contribution in [0.15, 0.2) is 36.7 Å². The number of nitrogens with zero attached hydrogens (tertiary/aromatic N) is 3. The fourth-order valence-electron chi connectivity index (χ4n) is 3.77. The van der Waals surface area contributed by atoms with E-state index in [4.69, 9.17) is 9.72 Å². The van der Waals surface area contributed by atoms with Crippen molar-refractivity contribution in [2.24, 2.45) is 0 Å². The van der Waals surface area contributed by atoms with Crippen LogP contribution in [0.5, 0.6) is 11.6 Å². The molecule has 0 bridgehead atoms. The van der Waals surface area contributed by atoms with Gasteiger partial charge in [0, 0.05) is 12.4 Å². The highest BCUT2D eigenvalue weighted by molar-refractivity contribution is 5.86. The molecule has 0 amide bonds. The van der Waals surface area contributed by atoms with Crippen molar-refractivity contribution < 1.29 is 4.74 Å². The van der Waals surface area contributed by atoms with Crippen LogP contribution in [-0.4, -0.2) is 9.97 Å². The molecule has 0 saturated carbocycles. The summed E-state index contributed by atoms with van der Waals surface area (Å²) >= 11 is 0. The topological polar surface area (TPSA) is 38.2 Å². The Bertz CT molecular complexity index is 1050. The predicted molar refractivity (Wildman–Crippen MR) is 114 cm³/mol. The van der Waals surface area contributed by atoms with Gasteiger partial charge >= 0.3 is 0 Å². The first-order chi connectivity index (χ1) is 13.2. The van der Waals surface area contributed by atoms with Crippen LogP contribution in [0, 0.1) is 27.7 Å². The summed E-state index contributed by atoms with van der Waals surface area (Å²) in [5.41, 5.74) is 8.07. The Kier molecular flexibility index (Phi) is 4.18. The fraction of sp³-hybridized carbons (Fsp3) is 0.333. The molecule has 144 valence electrons. The van der Waals surface area contributed by atoms with Crippen LogP contribution in [0.2, 0.25) is 0 Å². The fourth-order valence-corrected chi connectivity index (χ4v) is 3.77. The molecule has 3 heterocycles. The Labute approximate surface area is 167 Å². The smallest absolute Gasteiger partial charge is 0.244 e. The van der Waals surface area contributed by atoms with Gasteiger partial charge in [0.25, 0.3) is 0 Å². The average Bonchev–Trinajstić information content (AvgIpc) is 2.60. The Morgan fingerprint density at radius 3 is 2.21 bits per heavy atom. The van der Waals surface area contributed by atoms with E-state index >= 15 is 0 Å². The van der Waals surface area contributed by atoms with E-state index in [1.165, 1.54) is 16.7 Å². The van der Waals surface area contributed by atoms with E-state index in [0.29, 0.717) is 5.88 Å². The summed E-state index contributed by atoms with van der Waals surface area (Å²) in [4.78, 5) is 11.5. The van der Waals surface area contributed by atoms with Crippen LogP contribution in [-0.2, 0) is 5.41 Å². The van der Waals surface area contributed by atoms with E-state index < -0.39 is 0 Å². The average molecular weight is 374 g/mol. The normalized spacial score (nSPS) is 13.0. The Morgan fingerprint density at radius 1 is 0.893 bits per heavy atom. The minimum Gasteiger partial charge on any atom is -0.433 e. The molecule has 4 nitrogen and oxygen atoms in total. The molecule has 0 saturated heterocycles. The number of aromatic nitrogens is 2. The van der Waals surface area contributed by atoms with Gasteiger partial charge in [0.05, 0.1) is 5.69 Å². The number of anilines is 3. The molecule has 28 heavy (non-hydrogen) atoms. The molecular formula is C24H27N3O. The molecular weight excluding hydrogens is 346 g/mol. The van der Waals surface area contributed by atoms with E-state index in [0.717, 1.165) is 34.1 Å². The molecule has 0 aliphatic carbocycles. The number of hydrogen-bond acceptors (Lipinski definition) is 4. The number of pyridine rings is 2. The van der Waals surface area contributed by atoms with Gasteiger partial charge < -0.3 is 4.74 Å². The molecule has 0 N–H and O–H groups in total. The minimum absolute atomic E-state index is 0.0991. The summed E-state index contributed by atoms with van der Waals surface area (Å²) in [6, 6.07) is 8.66. The zero-order valence-electron chi connectivity index (χ0n) is 17.7. The van der Waals surface area contributed by atoms with Gasteiger partial charge in [-0.25, -0.2) is 9.97 Å². The van der Waals surface area contributed by atoms with Crippen molar-refractivity contribution in [3.63, 3.8) is 0 Å². The van der Waals surface area contributed by atoms with Gasteiger partial charge in [-0.1, -0.05) is 32.9 Å². The molecule has 0 spiro atoms. The monoisotopic (exact) mass is 373 g/mol. The van der Waals surface area contributed by atoms with Gasteiger partial charge in [-0.2, -0.15) is 0 Å². The van der Waals surface area contributed by atoms with E-state index in [9.17, 15) is 0 Å². The molecule has 1 aliphatic rings. The van der Waals surface area contributed by atoms with Crippen LogP contribution in [0.25, 0.3) is 0 Å². The van der Waals surface area contributed by atoms with Gasteiger partial charge in [0.15, 0.2) is 11.6 Å². The lowest BCUT2D eigenvalue weighted by atomic mass is 9.84. The number of aryl methyl sites for hydroxylation is 4. The van der Waals surface area contributed by atoms with Crippen molar-refractivity contribution in [1.82, 2.24) is 9.97 Å². The first-order valence-electron chi connectivity index (χ1n) is 9.69. The Morgan fingerprint density at radius 2 is 1.57 bits per heavy atom. The quantitative estimate of drug-likeness (QED) is 0.377. The van der Waals surface area contributed by atoms with E-state index in [-0.39, 0.29) is 5.41 Å². The largest absolute Gasteiger partial charge is 0.433 e.